The maximum Gasteiger partial charge on any atom is 0.132 e. The lowest BCUT2D eigenvalue weighted by Gasteiger charge is -2.37. The van der Waals surface area contributed by atoms with Crippen molar-refractivity contribution in [3.05, 3.63) is 35.4 Å². The highest BCUT2D eigenvalue weighted by molar-refractivity contribution is 5.42. The van der Waals surface area contributed by atoms with Crippen molar-refractivity contribution in [1.29, 1.82) is 5.26 Å². The van der Waals surface area contributed by atoms with E-state index in [0.717, 1.165) is 25.3 Å². The van der Waals surface area contributed by atoms with Gasteiger partial charge < -0.3 is 0 Å². The fraction of sp³-hybridized carbons (Fsp3) is 0.562. The molecule has 0 bridgehead atoms. The molecule has 1 fully saturated rings. The van der Waals surface area contributed by atoms with Crippen LogP contribution in [0.25, 0.3) is 0 Å². The molecule has 0 amide bonds. The molecule has 2 nitrogen and oxygen atoms in total. The van der Waals surface area contributed by atoms with E-state index in [0.29, 0.717) is 5.92 Å². The van der Waals surface area contributed by atoms with Crippen LogP contribution in [0.3, 0.4) is 0 Å². The zero-order valence-electron chi connectivity index (χ0n) is 10.9. The summed E-state index contributed by atoms with van der Waals surface area (Å²) in [7, 11) is 0. The van der Waals surface area contributed by atoms with Crippen LogP contribution in [0.4, 0.5) is 0 Å². The van der Waals surface area contributed by atoms with E-state index in [9.17, 15) is 5.26 Å². The van der Waals surface area contributed by atoms with Crippen LogP contribution in [0.15, 0.2) is 24.3 Å². The van der Waals surface area contributed by atoms with Gasteiger partial charge in [0.2, 0.25) is 0 Å². The van der Waals surface area contributed by atoms with E-state index in [2.05, 4.69) is 42.6 Å². The van der Waals surface area contributed by atoms with Crippen molar-refractivity contribution in [3.8, 4) is 6.07 Å². The van der Waals surface area contributed by atoms with E-state index in [1.54, 1.807) is 0 Å². The third-order valence-corrected chi connectivity index (χ3v) is 4.48. The minimum Gasteiger partial charge on any atom is -0.295 e. The van der Waals surface area contributed by atoms with Crippen LogP contribution in [0.5, 0.6) is 0 Å². The zero-order chi connectivity index (χ0) is 12.6. The van der Waals surface area contributed by atoms with Crippen molar-refractivity contribution >= 4 is 0 Å². The Labute approximate surface area is 109 Å². The molecule has 0 heterocycles. The molecule has 1 aromatic rings. The third-order valence-electron chi connectivity index (χ3n) is 4.48. The Morgan fingerprint density at radius 1 is 1.33 bits per heavy atom. The Balaban J connectivity index is 1.94. The van der Waals surface area contributed by atoms with Gasteiger partial charge in [-0.25, -0.2) is 0 Å². The van der Waals surface area contributed by atoms with E-state index in [4.69, 9.17) is 0 Å². The molecule has 2 atom stereocenters. The van der Waals surface area contributed by atoms with Gasteiger partial charge in [-0.1, -0.05) is 31.2 Å². The number of rotatable bonds is 3. The van der Waals surface area contributed by atoms with Gasteiger partial charge in [0.15, 0.2) is 0 Å². The van der Waals surface area contributed by atoms with Crippen LogP contribution in [0.1, 0.15) is 49.7 Å². The number of nitrogens with zero attached hydrogens (tertiary/aromatic N) is 1. The number of nitriles is 1. The van der Waals surface area contributed by atoms with E-state index >= 15 is 0 Å². The molecule has 2 unspecified atom stereocenters. The van der Waals surface area contributed by atoms with Crippen LogP contribution in [-0.4, -0.2) is 6.54 Å². The number of nitrogens with one attached hydrogen (secondary N) is 1. The maximum atomic E-state index is 9.70. The molecule has 2 heteroatoms. The number of fused-ring (bicyclic) bond motifs is 1. The Morgan fingerprint density at radius 3 is 2.83 bits per heavy atom. The fourth-order valence-corrected chi connectivity index (χ4v) is 3.02. The summed E-state index contributed by atoms with van der Waals surface area (Å²) in [5.41, 5.74) is 2.13. The van der Waals surface area contributed by atoms with Crippen molar-refractivity contribution in [1.82, 2.24) is 5.32 Å². The molecule has 1 N–H and O–H groups in total. The zero-order valence-corrected chi connectivity index (χ0v) is 10.9. The summed E-state index contributed by atoms with van der Waals surface area (Å²) in [5.74, 6) is 1.38. The van der Waals surface area contributed by atoms with Crippen LogP contribution in [0.2, 0.25) is 0 Å². The van der Waals surface area contributed by atoms with Crippen molar-refractivity contribution in [2.75, 3.05) is 6.54 Å². The van der Waals surface area contributed by atoms with Crippen LogP contribution in [-0.2, 0) is 5.54 Å². The third kappa shape index (κ3) is 1.93. The first-order valence-corrected chi connectivity index (χ1v) is 7.01. The number of benzene rings is 1. The molecule has 2 aliphatic rings. The topological polar surface area (TPSA) is 35.8 Å². The highest BCUT2D eigenvalue weighted by atomic mass is 15.0. The predicted molar refractivity (Wildman–Crippen MR) is 72.1 cm³/mol. The average molecular weight is 240 g/mol. The SMILES string of the molecule is CC1CCC(C#N)(NCC2CC2)c2ccccc21. The second-order valence-electron chi connectivity index (χ2n) is 5.87. The van der Waals surface area contributed by atoms with Gasteiger partial charge in [-0.3, -0.25) is 5.32 Å². The summed E-state index contributed by atoms with van der Waals surface area (Å²) >= 11 is 0. The number of hydrogen-bond acceptors (Lipinski definition) is 2. The molecular formula is C16H20N2. The van der Waals surface area contributed by atoms with Gasteiger partial charge in [-0.15, -0.1) is 0 Å². The molecule has 94 valence electrons. The van der Waals surface area contributed by atoms with E-state index in [1.165, 1.54) is 24.0 Å². The first-order chi connectivity index (χ1) is 8.75. The van der Waals surface area contributed by atoms with Crippen LogP contribution >= 0.6 is 0 Å². The maximum absolute atomic E-state index is 9.70. The van der Waals surface area contributed by atoms with Crippen molar-refractivity contribution in [3.63, 3.8) is 0 Å². The summed E-state index contributed by atoms with van der Waals surface area (Å²) in [4.78, 5) is 0. The molecule has 1 saturated carbocycles. The Kier molecular flexibility index (Phi) is 2.87. The van der Waals surface area contributed by atoms with Gasteiger partial charge in [-0.2, -0.15) is 5.26 Å². The normalized spacial score (nSPS) is 30.6. The lowest BCUT2D eigenvalue weighted by Crippen LogP contribution is -2.45. The Morgan fingerprint density at radius 2 is 2.11 bits per heavy atom. The van der Waals surface area contributed by atoms with Gasteiger partial charge >= 0.3 is 0 Å². The van der Waals surface area contributed by atoms with Gasteiger partial charge in [0, 0.05) is 0 Å². The number of hydrogen-bond donors (Lipinski definition) is 1. The quantitative estimate of drug-likeness (QED) is 0.880. The van der Waals surface area contributed by atoms with Crippen LogP contribution < -0.4 is 5.32 Å². The summed E-state index contributed by atoms with van der Waals surface area (Å²) in [5, 5.41) is 13.3. The smallest absolute Gasteiger partial charge is 0.132 e. The lowest BCUT2D eigenvalue weighted by molar-refractivity contribution is 0.343. The Bertz CT molecular complexity index is 484. The summed E-state index contributed by atoms with van der Waals surface area (Å²) in [6.07, 6.45) is 4.69. The molecule has 0 aromatic heterocycles. The summed E-state index contributed by atoms with van der Waals surface area (Å²) in [6.45, 7) is 3.26. The van der Waals surface area contributed by atoms with Gasteiger partial charge in [0.05, 0.1) is 6.07 Å². The Hall–Kier alpha value is -1.33. The molecular weight excluding hydrogens is 220 g/mol. The molecule has 3 rings (SSSR count). The monoisotopic (exact) mass is 240 g/mol. The van der Waals surface area contributed by atoms with Crippen molar-refractivity contribution < 1.29 is 0 Å². The molecule has 0 spiro atoms. The molecule has 0 saturated heterocycles. The van der Waals surface area contributed by atoms with Gasteiger partial charge in [0.25, 0.3) is 0 Å². The molecule has 18 heavy (non-hydrogen) atoms. The minimum atomic E-state index is -0.439. The average Bonchev–Trinajstić information content (AvgIpc) is 3.23. The predicted octanol–water partition coefficient (Wildman–Crippen LogP) is 3.30. The minimum absolute atomic E-state index is 0.439. The second-order valence-corrected chi connectivity index (χ2v) is 5.87. The highest BCUT2D eigenvalue weighted by Crippen LogP contribution is 2.41. The van der Waals surface area contributed by atoms with E-state index in [1.807, 2.05) is 0 Å². The van der Waals surface area contributed by atoms with Crippen molar-refractivity contribution in [2.24, 2.45) is 5.92 Å². The van der Waals surface area contributed by atoms with Gasteiger partial charge in [0.1, 0.15) is 5.54 Å². The molecule has 1 aromatic carbocycles. The van der Waals surface area contributed by atoms with Crippen molar-refractivity contribution in [2.45, 2.75) is 44.1 Å². The highest BCUT2D eigenvalue weighted by Gasteiger charge is 2.39. The second kappa shape index (κ2) is 4.40. The van der Waals surface area contributed by atoms with E-state index in [-0.39, 0.29) is 0 Å². The molecule has 0 aliphatic heterocycles. The van der Waals surface area contributed by atoms with Crippen LogP contribution in [0, 0.1) is 17.2 Å². The van der Waals surface area contributed by atoms with E-state index < -0.39 is 5.54 Å². The standard InChI is InChI=1S/C16H20N2/c1-12-8-9-16(11-17,18-10-13-6-7-13)15-5-3-2-4-14(12)15/h2-5,12-13,18H,6-10H2,1H3. The summed E-state index contributed by atoms with van der Waals surface area (Å²) < 4.78 is 0. The molecule has 0 radical (unpaired) electrons. The summed E-state index contributed by atoms with van der Waals surface area (Å²) in [6, 6.07) is 11.0. The largest absolute Gasteiger partial charge is 0.295 e. The first kappa shape index (κ1) is 11.7. The lowest BCUT2D eigenvalue weighted by atomic mass is 9.73. The first-order valence-electron chi connectivity index (χ1n) is 7.01. The fourth-order valence-electron chi connectivity index (χ4n) is 3.02. The van der Waals surface area contributed by atoms with Gasteiger partial charge in [-0.05, 0) is 55.2 Å². The molecule has 2 aliphatic carbocycles.